The van der Waals surface area contributed by atoms with Crippen LogP contribution in [-0.4, -0.2) is 5.91 Å². The van der Waals surface area contributed by atoms with Gasteiger partial charge in [-0.15, -0.1) is 0 Å². The lowest BCUT2D eigenvalue weighted by atomic mass is 10.1. The summed E-state index contributed by atoms with van der Waals surface area (Å²) in [6, 6.07) is 10.9. The topological polar surface area (TPSA) is 29.1 Å². The SMILES string of the molecule is Cc1c(Br)cccc1C(=O)Nc1cccc(Cl)c1Br. The number of benzene rings is 2. The van der Waals surface area contributed by atoms with Crippen molar-refractivity contribution >= 4 is 55.1 Å². The molecule has 2 aromatic rings. The maximum Gasteiger partial charge on any atom is 0.256 e. The summed E-state index contributed by atoms with van der Waals surface area (Å²) in [6.45, 7) is 1.89. The molecule has 0 aliphatic rings. The van der Waals surface area contributed by atoms with Crippen LogP contribution in [0.25, 0.3) is 0 Å². The molecule has 1 N–H and O–H groups in total. The molecule has 2 rings (SSSR count). The first-order valence-corrected chi connectivity index (χ1v) is 7.47. The number of carbonyl (C=O) groups is 1. The predicted molar refractivity (Wildman–Crippen MR) is 86.0 cm³/mol. The van der Waals surface area contributed by atoms with Gasteiger partial charge in [-0.05, 0) is 52.7 Å². The molecular weight excluding hydrogens is 393 g/mol. The van der Waals surface area contributed by atoms with E-state index >= 15 is 0 Å². The molecule has 0 unspecified atom stereocenters. The Morgan fingerprint density at radius 2 is 1.84 bits per heavy atom. The molecule has 2 aromatic carbocycles. The van der Waals surface area contributed by atoms with Gasteiger partial charge in [-0.1, -0.05) is 39.7 Å². The lowest BCUT2D eigenvalue weighted by molar-refractivity contribution is 0.102. The van der Waals surface area contributed by atoms with Crippen molar-refractivity contribution in [2.24, 2.45) is 0 Å². The zero-order chi connectivity index (χ0) is 14.0. The van der Waals surface area contributed by atoms with Crippen molar-refractivity contribution in [1.82, 2.24) is 0 Å². The van der Waals surface area contributed by atoms with E-state index in [1.165, 1.54) is 0 Å². The van der Waals surface area contributed by atoms with Crippen molar-refractivity contribution in [1.29, 1.82) is 0 Å². The van der Waals surface area contributed by atoms with E-state index in [4.69, 9.17) is 11.6 Å². The van der Waals surface area contributed by atoms with Crippen LogP contribution in [-0.2, 0) is 0 Å². The first kappa shape index (κ1) is 14.6. The summed E-state index contributed by atoms with van der Waals surface area (Å²) >= 11 is 12.8. The predicted octanol–water partition coefficient (Wildman–Crippen LogP) is 5.43. The second-order valence-corrected chi connectivity index (χ2v) is 6.02. The van der Waals surface area contributed by atoms with Gasteiger partial charge in [0.1, 0.15) is 0 Å². The number of carbonyl (C=O) groups excluding carboxylic acids is 1. The van der Waals surface area contributed by atoms with E-state index in [9.17, 15) is 4.79 Å². The van der Waals surface area contributed by atoms with Gasteiger partial charge in [0, 0.05) is 10.0 Å². The molecule has 19 heavy (non-hydrogen) atoms. The molecule has 0 saturated heterocycles. The molecule has 0 atom stereocenters. The third kappa shape index (κ3) is 3.19. The lowest BCUT2D eigenvalue weighted by Crippen LogP contribution is -2.13. The van der Waals surface area contributed by atoms with Crippen molar-refractivity contribution in [2.45, 2.75) is 6.92 Å². The van der Waals surface area contributed by atoms with E-state index < -0.39 is 0 Å². The summed E-state index contributed by atoms with van der Waals surface area (Å²) in [6.07, 6.45) is 0. The second-order valence-electron chi connectivity index (χ2n) is 3.97. The highest BCUT2D eigenvalue weighted by molar-refractivity contribution is 9.11. The Kier molecular flexibility index (Phi) is 4.66. The smallest absolute Gasteiger partial charge is 0.256 e. The fourth-order valence-corrected chi connectivity index (χ4v) is 2.55. The number of hydrogen-bond donors (Lipinski definition) is 1. The van der Waals surface area contributed by atoms with E-state index in [0.717, 1.165) is 10.0 Å². The normalized spacial score (nSPS) is 10.3. The van der Waals surface area contributed by atoms with Crippen LogP contribution in [0.15, 0.2) is 45.3 Å². The summed E-state index contributed by atoms with van der Waals surface area (Å²) in [4.78, 5) is 12.3. The first-order valence-electron chi connectivity index (χ1n) is 5.51. The second kappa shape index (κ2) is 6.07. The first-order chi connectivity index (χ1) is 9.00. The highest BCUT2D eigenvalue weighted by atomic mass is 79.9. The molecule has 0 bridgehead atoms. The molecule has 0 aliphatic heterocycles. The van der Waals surface area contributed by atoms with Crippen LogP contribution < -0.4 is 5.32 Å². The lowest BCUT2D eigenvalue weighted by Gasteiger charge is -2.10. The highest BCUT2D eigenvalue weighted by Crippen LogP contribution is 2.30. The molecule has 0 aromatic heterocycles. The van der Waals surface area contributed by atoms with Crippen LogP contribution in [0.3, 0.4) is 0 Å². The van der Waals surface area contributed by atoms with Gasteiger partial charge in [0.05, 0.1) is 15.2 Å². The average molecular weight is 404 g/mol. The Bertz CT molecular complexity index is 643. The molecule has 0 heterocycles. The van der Waals surface area contributed by atoms with Crippen LogP contribution in [0, 0.1) is 6.92 Å². The van der Waals surface area contributed by atoms with Crippen LogP contribution in [0.1, 0.15) is 15.9 Å². The molecular formula is C14H10Br2ClNO. The zero-order valence-corrected chi connectivity index (χ0v) is 13.9. The number of amides is 1. The zero-order valence-electron chi connectivity index (χ0n) is 10.0. The van der Waals surface area contributed by atoms with Crippen LogP contribution in [0.5, 0.6) is 0 Å². The summed E-state index contributed by atoms with van der Waals surface area (Å²) in [7, 11) is 0. The minimum Gasteiger partial charge on any atom is -0.321 e. The molecule has 0 aliphatic carbocycles. The summed E-state index contributed by atoms with van der Waals surface area (Å²) in [5.41, 5.74) is 2.18. The average Bonchev–Trinajstić information content (AvgIpc) is 2.38. The highest BCUT2D eigenvalue weighted by Gasteiger charge is 2.13. The maximum absolute atomic E-state index is 12.3. The Hall–Kier alpha value is -0.840. The monoisotopic (exact) mass is 401 g/mol. The van der Waals surface area contributed by atoms with E-state index in [-0.39, 0.29) is 5.91 Å². The Morgan fingerprint density at radius 3 is 2.58 bits per heavy atom. The minimum absolute atomic E-state index is 0.165. The van der Waals surface area contributed by atoms with Crippen LogP contribution in [0.2, 0.25) is 5.02 Å². The van der Waals surface area contributed by atoms with Gasteiger partial charge in [-0.25, -0.2) is 0 Å². The van der Waals surface area contributed by atoms with Crippen molar-refractivity contribution in [2.75, 3.05) is 5.32 Å². The maximum atomic E-state index is 12.3. The van der Waals surface area contributed by atoms with Gasteiger partial charge < -0.3 is 5.32 Å². The fourth-order valence-electron chi connectivity index (χ4n) is 1.64. The molecule has 2 nitrogen and oxygen atoms in total. The van der Waals surface area contributed by atoms with Gasteiger partial charge in [-0.2, -0.15) is 0 Å². The van der Waals surface area contributed by atoms with Gasteiger partial charge in [0.25, 0.3) is 5.91 Å². The number of nitrogens with one attached hydrogen (secondary N) is 1. The number of halogens is 3. The minimum atomic E-state index is -0.165. The molecule has 0 radical (unpaired) electrons. The standard InChI is InChI=1S/C14H10Br2ClNO/c1-8-9(4-2-5-10(8)15)14(19)18-12-7-3-6-11(17)13(12)16/h2-7H,1H3,(H,18,19). The van der Waals surface area contributed by atoms with E-state index in [2.05, 4.69) is 37.2 Å². The number of rotatable bonds is 2. The molecule has 5 heteroatoms. The fraction of sp³-hybridized carbons (Fsp3) is 0.0714. The van der Waals surface area contributed by atoms with Gasteiger partial charge >= 0.3 is 0 Å². The summed E-state index contributed by atoms with van der Waals surface area (Å²) < 4.78 is 1.59. The largest absolute Gasteiger partial charge is 0.321 e. The van der Waals surface area contributed by atoms with Crippen LogP contribution in [0.4, 0.5) is 5.69 Å². The summed E-state index contributed by atoms with van der Waals surface area (Å²) in [5.74, 6) is -0.165. The van der Waals surface area contributed by atoms with Crippen molar-refractivity contribution < 1.29 is 4.79 Å². The molecule has 98 valence electrons. The van der Waals surface area contributed by atoms with Crippen LogP contribution >= 0.6 is 43.5 Å². The number of anilines is 1. The van der Waals surface area contributed by atoms with Crippen molar-refractivity contribution in [3.05, 3.63) is 61.5 Å². The Morgan fingerprint density at radius 1 is 1.16 bits per heavy atom. The van der Waals surface area contributed by atoms with Gasteiger partial charge in [0.2, 0.25) is 0 Å². The molecule has 1 amide bonds. The Balaban J connectivity index is 2.31. The molecule has 0 fully saturated rings. The molecule has 0 saturated carbocycles. The summed E-state index contributed by atoms with van der Waals surface area (Å²) in [5, 5.41) is 3.40. The van der Waals surface area contributed by atoms with Gasteiger partial charge in [0.15, 0.2) is 0 Å². The van der Waals surface area contributed by atoms with Gasteiger partial charge in [-0.3, -0.25) is 4.79 Å². The van der Waals surface area contributed by atoms with Crippen molar-refractivity contribution in [3.8, 4) is 0 Å². The third-order valence-corrected chi connectivity index (χ3v) is 4.97. The van der Waals surface area contributed by atoms with Crippen molar-refractivity contribution in [3.63, 3.8) is 0 Å². The molecule has 0 spiro atoms. The Labute approximate surface area is 133 Å². The van der Waals surface area contributed by atoms with E-state index in [1.807, 2.05) is 19.1 Å². The third-order valence-electron chi connectivity index (χ3n) is 2.71. The quantitative estimate of drug-likeness (QED) is 0.712. The van der Waals surface area contributed by atoms with E-state index in [0.29, 0.717) is 20.7 Å². The van der Waals surface area contributed by atoms with E-state index in [1.54, 1.807) is 24.3 Å². The number of hydrogen-bond acceptors (Lipinski definition) is 1.